The third-order valence-corrected chi connectivity index (χ3v) is 5.45. The first-order valence-corrected chi connectivity index (χ1v) is 10.2. The Labute approximate surface area is 182 Å². The summed E-state index contributed by atoms with van der Waals surface area (Å²) in [5.74, 6) is -0.255. The van der Waals surface area contributed by atoms with Crippen molar-refractivity contribution in [1.82, 2.24) is 4.98 Å². The van der Waals surface area contributed by atoms with Gasteiger partial charge < -0.3 is 20.9 Å². The number of nitrogens with one attached hydrogen (secondary N) is 2. The average Bonchev–Trinajstić information content (AvgIpc) is 3.23. The molecule has 4 aromatic rings. The Kier molecular flexibility index (Phi) is 5.60. The van der Waals surface area contributed by atoms with Crippen LogP contribution in [0, 0.1) is 0 Å². The molecule has 5 heteroatoms. The molecule has 5 nitrogen and oxygen atoms in total. The van der Waals surface area contributed by atoms with Crippen molar-refractivity contribution in [3.05, 3.63) is 84.9 Å². The zero-order valence-electron chi connectivity index (χ0n) is 17.8. The third-order valence-electron chi connectivity index (χ3n) is 5.45. The zero-order chi connectivity index (χ0) is 22.0. The van der Waals surface area contributed by atoms with Gasteiger partial charge in [0.2, 0.25) is 5.91 Å². The molecule has 0 saturated carbocycles. The fourth-order valence-electron chi connectivity index (χ4n) is 3.86. The number of anilines is 2. The second-order valence-electron chi connectivity index (χ2n) is 7.62. The van der Waals surface area contributed by atoms with Crippen molar-refractivity contribution >= 4 is 28.2 Å². The Hall–Kier alpha value is -3.83. The average molecular weight is 411 g/mol. The van der Waals surface area contributed by atoms with Crippen LogP contribution < -0.4 is 16.0 Å². The first-order chi connectivity index (χ1) is 15.0. The quantitative estimate of drug-likeness (QED) is 0.385. The molecule has 3 aromatic carbocycles. The van der Waals surface area contributed by atoms with Crippen molar-refractivity contribution in [2.24, 2.45) is 5.73 Å². The van der Waals surface area contributed by atoms with Gasteiger partial charge in [0.05, 0.1) is 0 Å². The molecular weight excluding hydrogens is 384 g/mol. The van der Waals surface area contributed by atoms with E-state index in [9.17, 15) is 4.79 Å². The van der Waals surface area contributed by atoms with Crippen molar-refractivity contribution in [2.75, 3.05) is 24.3 Å². The number of fused-ring (bicyclic) bond motifs is 1. The van der Waals surface area contributed by atoms with E-state index in [-0.39, 0.29) is 5.91 Å². The van der Waals surface area contributed by atoms with Gasteiger partial charge in [-0.1, -0.05) is 43.0 Å². The normalized spacial score (nSPS) is 10.8. The highest BCUT2D eigenvalue weighted by Crippen LogP contribution is 2.36. The van der Waals surface area contributed by atoms with E-state index in [1.807, 2.05) is 38.4 Å². The highest BCUT2D eigenvalue weighted by molar-refractivity contribution is 6.02. The molecule has 0 aliphatic carbocycles. The molecule has 4 N–H and O–H groups in total. The predicted molar refractivity (Wildman–Crippen MR) is 130 cm³/mol. The van der Waals surface area contributed by atoms with E-state index >= 15 is 0 Å². The molecular formula is C26H26N4O. The summed E-state index contributed by atoms with van der Waals surface area (Å²) in [6.07, 6.45) is 1.26. The third kappa shape index (κ3) is 3.96. The predicted octanol–water partition coefficient (Wildman–Crippen LogP) is 5.15. The number of benzene rings is 3. The number of H-pyrrole nitrogens is 1. The molecule has 0 radical (unpaired) electrons. The van der Waals surface area contributed by atoms with Crippen LogP contribution in [0.5, 0.6) is 0 Å². The Morgan fingerprint density at radius 1 is 1.06 bits per heavy atom. The van der Waals surface area contributed by atoms with Crippen LogP contribution in [0.25, 0.3) is 33.3 Å². The SMILES string of the molecule is C=CC(=O)Nc1cccc(-c2cccc3[nH]c(-c4cccc(N(C)C)c4)cc23)c1CN. The molecule has 156 valence electrons. The van der Waals surface area contributed by atoms with Gasteiger partial charge in [-0.25, -0.2) is 0 Å². The maximum Gasteiger partial charge on any atom is 0.247 e. The number of carbonyl (C=O) groups is 1. The van der Waals surface area contributed by atoms with Gasteiger partial charge in [0.1, 0.15) is 0 Å². The lowest BCUT2D eigenvalue weighted by atomic mass is 9.95. The molecule has 0 spiro atoms. The van der Waals surface area contributed by atoms with E-state index in [0.29, 0.717) is 12.2 Å². The molecule has 0 bridgehead atoms. The van der Waals surface area contributed by atoms with Crippen LogP contribution in [0.3, 0.4) is 0 Å². The summed E-state index contributed by atoms with van der Waals surface area (Å²) >= 11 is 0. The van der Waals surface area contributed by atoms with E-state index in [1.165, 1.54) is 6.08 Å². The highest BCUT2D eigenvalue weighted by atomic mass is 16.1. The molecule has 0 fully saturated rings. The second kappa shape index (κ2) is 8.50. The standard InChI is InChI=1S/C26H26N4O/c1-4-26(31)29-24-13-7-11-20(22(24)16-27)19-10-6-12-23-21(19)15-25(28-23)17-8-5-9-18(14-17)30(2)3/h4-15,28H,1,16,27H2,2-3H3,(H,29,31). The number of carbonyl (C=O) groups excluding carboxylic acids is 1. The van der Waals surface area contributed by atoms with E-state index in [1.54, 1.807) is 0 Å². The van der Waals surface area contributed by atoms with Gasteiger partial charge in [0, 0.05) is 48.6 Å². The van der Waals surface area contributed by atoms with E-state index in [0.717, 1.165) is 44.5 Å². The molecule has 1 heterocycles. The Morgan fingerprint density at radius 3 is 2.55 bits per heavy atom. The van der Waals surface area contributed by atoms with Gasteiger partial charge >= 0.3 is 0 Å². The number of nitrogens with zero attached hydrogens (tertiary/aromatic N) is 1. The van der Waals surface area contributed by atoms with Crippen LogP contribution in [-0.4, -0.2) is 25.0 Å². The van der Waals surface area contributed by atoms with Crippen LogP contribution in [-0.2, 0) is 11.3 Å². The summed E-state index contributed by atoms with van der Waals surface area (Å²) in [6, 6.07) is 22.6. The molecule has 4 rings (SSSR count). The highest BCUT2D eigenvalue weighted by Gasteiger charge is 2.14. The van der Waals surface area contributed by atoms with Gasteiger partial charge in [-0.05, 0) is 58.7 Å². The Bertz CT molecular complexity index is 1270. The summed E-state index contributed by atoms with van der Waals surface area (Å²) in [4.78, 5) is 17.5. The number of hydrogen-bond donors (Lipinski definition) is 3. The maximum absolute atomic E-state index is 11.9. The van der Waals surface area contributed by atoms with Crippen molar-refractivity contribution in [2.45, 2.75) is 6.54 Å². The van der Waals surface area contributed by atoms with Gasteiger partial charge in [0.25, 0.3) is 0 Å². The minimum absolute atomic E-state index is 0.255. The Morgan fingerprint density at radius 2 is 1.81 bits per heavy atom. The molecule has 0 aliphatic heterocycles. The summed E-state index contributed by atoms with van der Waals surface area (Å²) in [5.41, 5.74) is 14.1. The van der Waals surface area contributed by atoms with Gasteiger partial charge in [-0.2, -0.15) is 0 Å². The monoisotopic (exact) mass is 410 g/mol. The summed E-state index contributed by atoms with van der Waals surface area (Å²) in [6.45, 7) is 3.84. The lowest BCUT2D eigenvalue weighted by Crippen LogP contribution is -2.12. The van der Waals surface area contributed by atoms with Gasteiger partial charge in [-0.3, -0.25) is 4.79 Å². The minimum Gasteiger partial charge on any atom is -0.378 e. The van der Waals surface area contributed by atoms with Gasteiger partial charge in [-0.15, -0.1) is 0 Å². The second-order valence-corrected chi connectivity index (χ2v) is 7.62. The van der Waals surface area contributed by atoms with Crippen LogP contribution in [0.4, 0.5) is 11.4 Å². The molecule has 0 unspecified atom stereocenters. The topological polar surface area (TPSA) is 74.2 Å². The number of hydrogen-bond acceptors (Lipinski definition) is 3. The number of rotatable bonds is 6. The number of aromatic amines is 1. The molecule has 0 atom stereocenters. The number of nitrogens with two attached hydrogens (primary N) is 1. The van der Waals surface area contributed by atoms with Crippen molar-refractivity contribution in [3.63, 3.8) is 0 Å². The van der Waals surface area contributed by atoms with Crippen LogP contribution >= 0.6 is 0 Å². The summed E-state index contributed by atoms with van der Waals surface area (Å²) < 4.78 is 0. The van der Waals surface area contributed by atoms with Crippen molar-refractivity contribution in [1.29, 1.82) is 0 Å². The fraction of sp³-hybridized carbons (Fsp3) is 0.115. The molecule has 1 amide bonds. The zero-order valence-corrected chi connectivity index (χ0v) is 17.8. The van der Waals surface area contributed by atoms with Crippen LogP contribution in [0.1, 0.15) is 5.56 Å². The van der Waals surface area contributed by atoms with E-state index in [2.05, 4.69) is 64.2 Å². The fourth-order valence-corrected chi connectivity index (χ4v) is 3.86. The maximum atomic E-state index is 11.9. The van der Waals surface area contributed by atoms with Crippen LogP contribution in [0.15, 0.2) is 79.4 Å². The largest absolute Gasteiger partial charge is 0.378 e. The first kappa shape index (κ1) is 20.4. The first-order valence-electron chi connectivity index (χ1n) is 10.2. The van der Waals surface area contributed by atoms with E-state index in [4.69, 9.17) is 5.73 Å². The lowest BCUT2D eigenvalue weighted by molar-refractivity contribution is -0.111. The summed E-state index contributed by atoms with van der Waals surface area (Å²) in [5, 5.41) is 3.97. The molecule has 0 saturated heterocycles. The Balaban J connectivity index is 1.85. The van der Waals surface area contributed by atoms with Gasteiger partial charge in [0.15, 0.2) is 0 Å². The number of aromatic nitrogens is 1. The van der Waals surface area contributed by atoms with Crippen molar-refractivity contribution < 1.29 is 4.79 Å². The van der Waals surface area contributed by atoms with Crippen molar-refractivity contribution in [3.8, 4) is 22.4 Å². The lowest BCUT2D eigenvalue weighted by Gasteiger charge is -2.14. The molecule has 1 aromatic heterocycles. The summed E-state index contributed by atoms with van der Waals surface area (Å²) in [7, 11) is 4.07. The smallest absolute Gasteiger partial charge is 0.247 e. The molecule has 31 heavy (non-hydrogen) atoms. The minimum atomic E-state index is -0.255. The van der Waals surface area contributed by atoms with E-state index < -0.39 is 0 Å². The van der Waals surface area contributed by atoms with Crippen LogP contribution in [0.2, 0.25) is 0 Å². The molecule has 0 aliphatic rings. The number of amides is 1.